The predicted octanol–water partition coefficient (Wildman–Crippen LogP) is 4.04. The van der Waals surface area contributed by atoms with Crippen LogP contribution in [0.4, 0.5) is 0 Å². The third kappa shape index (κ3) is 7.18. The van der Waals surface area contributed by atoms with Gasteiger partial charge in [0.25, 0.3) is 0 Å². The molecule has 4 heteroatoms. The second kappa shape index (κ2) is 10.1. The van der Waals surface area contributed by atoms with Crippen LogP contribution in [0, 0.1) is 5.92 Å². The summed E-state index contributed by atoms with van der Waals surface area (Å²) in [6, 6.07) is 4.80. The van der Waals surface area contributed by atoms with E-state index in [9.17, 15) is 15.0 Å². The number of ether oxygens (including phenoxy) is 1. The van der Waals surface area contributed by atoms with E-state index in [0.717, 1.165) is 24.8 Å². The molecule has 0 aliphatic rings. The van der Waals surface area contributed by atoms with Crippen LogP contribution in [0.25, 0.3) is 0 Å². The maximum Gasteiger partial charge on any atom is 0.165 e. The van der Waals surface area contributed by atoms with Crippen molar-refractivity contribution >= 4 is 5.78 Å². The number of aliphatic hydroxyl groups is 1. The number of Topliss-reactive ketones (excluding diaryl/α,β-unsaturated/α-hetero) is 1. The van der Waals surface area contributed by atoms with E-state index in [2.05, 4.69) is 26.8 Å². The summed E-state index contributed by atoms with van der Waals surface area (Å²) in [4.78, 5) is 12.2. The quantitative estimate of drug-likeness (QED) is 0.634. The van der Waals surface area contributed by atoms with E-state index in [1.807, 2.05) is 0 Å². The molecule has 1 rings (SSSR count). The number of carbonyl (C=O) groups is 1. The fourth-order valence-electron chi connectivity index (χ4n) is 2.56. The van der Waals surface area contributed by atoms with E-state index in [1.165, 1.54) is 18.7 Å². The minimum absolute atomic E-state index is 0.0411. The molecule has 0 radical (unpaired) electrons. The first-order chi connectivity index (χ1) is 11.3. The van der Waals surface area contributed by atoms with Gasteiger partial charge in [0, 0.05) is 6.42 Å². The highest BCUT2D eigenvalue weighted by molar-refractivity contribution is 5.85. The normalized spacial score (nSPS) is 13.2. The van der Waals surface area contributed by atoms with Gasteiger partial charge in [-0.1, -0.05) is 24.6 Å². The van der Waals surface area contributed by atoms with Gasteiger partial charge in [-0.15, -0.1) is 0 Å². The van der Waals surface area contributed by atoms with Crippen LogP contribution in [0.15, 0.2) is 29.8 Å². The van der Waals surface area contributed by atoms with Crippen molar-refractivity contribution in [3.05, 3.63) is 35.4 Å². The number of rotatable bonds is 10. The van der Waals surface area contributed by atoms with Gasteiger partial charge < -0.3 is 14.9 Å². The smallest absolute Gasteiger partial charge is 0.165 e. The summed E-state index contributed by atoms with van der Waals surface area (Å²) in [5, 5.41) is 19.6. The highest BCUT2D eigenvalue weighted by Crippen LogP contribution is 2.26. The molecule has 24 heavy (non-hydrogen) atoms. The number of ketones is 1. The van der Waals surface area contributed by atoms with Gasteiger partial charge in [0.2, 0.25) is 0 Å². The van der Waals surface area contributed by atoms with Crippen molar-refractivity contribution in [2.75, 3.05) is 7.11 Å². The molecule has 0 aromatic heterocycles. The van der Waals surface area contributed by atoms with Crippen LogP contribution in [0.2, 0.25) is 0 Å². The largest absolute Gasteiger partial charge is 0.504 e. The standard InChI is InChI=1S/C20H30O4/c1-14(2)6-5-7-15(3)8-10-17(21)19(23)12-16-9-11-18(22)20(13-16)24-4/h6,9,11,13,15,17,21-22H,5,7-8,10,12H2,1-4H3/t15-,17?/m0/s1. The maximum absolute atomic E-state index is 12.2. The summed E-state index contributed by atoms with van der Waals surface area (Å²) in [6.45, 7) is 6.33. The highest BCUT2D eigenvalue weighted by atomic mass is 16.5. The Kier molecular flexibility index (Phi) is 8.55. The molecule has 1 unspecified atom stereocenters. The maximum atomic E-state index is 12.2. The molecule has 0 aliphatic heterocycles. The van der Waals surface area contributed by atoms with Crippen molar-refractivity contribution in [2.45, 2.75) is 59.0 Å². The monoisotopic (exact) mass is 334 g/mol. The Morgan fingerprint density at radius 3 is 2.58 bits per heavy atom. The van der Waals surface area contributed by atoms with Crippen LogP contribution in [-0.2, 0) is 11.2 Å². The van der Waals surface area contributed by atoms with Gasteiger partial charge in [0.15, 0.2) is 17.3 Å². The van der Waals surface area contributed by atoms with Gasteiger partial charge in [0.05, 0.1) is 7.11 Å². The molecule has 1 aromatic carbocycles. The molecular weight excluding hydrogens is 304 g/mol. The number of hydrogen-bond donors (Lipinski definition) is 2. The number of hydrogen-bond acceptors (Lipinski definition) is 4. The van der Waals surface area contributed by atoms with Crippen molar-refractivity contribution in [1.29, 1.82) is 0 Å². The van der Waals surface area contributed by atoms with E-state index >= 15 is 0 Å². The minimum Gasteiger partial charge on any atom is -0.504 e. The lowest BCUT2D eigenvalue weighted by Crippen LogP contribution is -2.23. The van der Waals surface area contributed by atoms with Crippen molar-refractivity contribution < 1.29 is 19.7 Å². The Labute approximate surface area is 145 Å². The predicted molar refractivity (Wildman–Crippen MR) is 96.4 cm³/mol. The lowest BCUT2D eigenvalue weighted by Gasteiger charge is -2.14. The molecule has 4 nitrogen and oxygen atoms in total. The number of phenolic OH excluding ortho intramolecular Hbond substituents is 1. The number of aliphatic hydroxyl groups excluding tert-OH is 1. The number of benzene rings is 1. The van der Waals surface area contributed by atoms with E-state index in [0.29, 0.717) is 18.1 Å². The second-order valence-corrected chi connectivity index (χ2v) is 6.71. The van der Waals surface area contributed by atoms with Gasteiger partial charge in [-0.3, -0.25) is 4.79 Å². The third-order valence-corrected chi connectivity index (χ3v) is 4.14. The zero-order valence-corrected chi connectivity index (χ0v) is 15.2. The molecule has 0 fully saturated rings. The number of phenols is 1. The molecule has 1 aromatic rings. The molecule has 2 N–H and O–H groups in total. The van der Waals surface area contributed by atoms with Gasteiger partial charge in [-0.2, -0.15) is 0 Å². The van der Waals surface area contributed by atoms with Crippen molar-refractivity contribution in [3.8, 4) is 11.5 Å². The van der Waals surface area contributed by atoms with Gasteiger partial charge in [0.1, 0.15) is 6.10 Å². The lowest BCUT2D eigenvalue weighted by atomic mass is 9.95. The lowest BCUT2D eigenvalue weighted by molar-refractivity contribution is -0.126. The Balaban J connectivity index is 2.43. The van der Waals surface area contributed by atoms with Gasteiger partial charge >= 0.3 is 0 Å². The summed E-state index contributed by atoms with van der Waals surface area (Å²) in [5.74, 6) is 0.665. The fraction of sp³-hybridized carbons (Fsp3) is 0.550. The number of aromatic hydroxyl groups is 1. The molecule has 0 saturated carbocycles. The zero-order chi connectivity index (χ0) is 18.1. The van der Waals surface area contributed by atoms with Crippen molar-refractivity contribution in [2.24, 2.45) is 5.92 Å². The number of carbonyl (C=O) groups excluding carboxylic acids is 1. The van der Waals surface area contributed by atoms with Crippen LogP contribution in [0.1, 0.15) is 52.0 Å². The summed E-state index contributed by atoms with van der Waals surface area (Å²) >= 11 is 0. The first-order valence-electron chi connectivity index (χ1n) is 8.53. The zero-order valence-electron chi connectivity index (χ0n) is 15.2. The second-order valence-electron chi connectivity index (χ2n) is 6.71. The third-order valence-electron chi connectivity index (χ3n) is 4.14. The summed E-state index contributed by atoms with van der Waals surface area (Å²) in [6.07, 6.45) is 4.87. The average molecular weight is 334 g/mol. The molecule has 134 valence electrons. The van der Waals surface area contributed by atoms with E-state index in [-0.39, 0.29) is 18.0 Å². The van der Waals surface area contributed by atoms with E-state index in [4.69, 9.17) is 4.74 Å². The van der Waals surface area contributed by atoms with Gasteiger partial charge in [-0.25, -0.2) is 0 Å². The molecule has 0 bridgehead atoms. The molecule has 0 heterocycles. The van der Waals surface area contributed by atoms with E-state index in [1.54, 1.807) is 12.1 Å². The SMILES string of the molecule is COc1cc(CC(=O)C(O)CC[C@@H](C)CCC=C(C)C)ccc1O. The molecule has 0 spiro atoms. The first kappa shape index (κ1) is 20.2. The number of allylic oxidation sites excluding steroid dienone is 2. The van der Waals surface area contributed by atoms with Crippen LogP contribution >= 0.6 is 0 Å². The van der Waals surface area contributed by atoms with Crippen LogP contribution in [-0.4, -0.2) is 29.2 Å². The Morgan fingerprint density at radius 2 is 1.96 bits per heavy atom. The summed E-state index contributed by atoms with van der Waals surface area (Å²) < 4.78 is 5.03. The van der Waals surface area contributed by atoms with Crippen LogP contribution < -0.4 is 4.74 Å². The molecule has 0 aliphatic carbocycles. The topological polar surface area (TPSA) is 66.8 Å². The van der Waals surface area contributed by atoms with Gasteiger partial charge in [-0.05, 0) is 63.1 Å². The Morgan fingerprint density at radius 1 is 1.25 bits per heavy atom. The molecule has 2 atom stereocenters. The Hall–Kier alpha value is -1.81. The molecule has 0 saturated heterocycles. The summed E-state index contributed by atoms with van der Waals surface area (Å²) in [7, 11) is 1.46. The average Bonchev–Trinajstić information content (AvgIpc) is 2.53. The van der Waals surface area contributed by atoms with E-state index < -0.39 is 6.10 Å². The Bertz CT molecular complexity index is 559. The van der Waals surface area contributed by atoms with Crippen LogP contribution in [0.3, 0.4) is 0 Å². The van der Waals surface area contributed by atoms with Crippen molar-refractivity contribution in [3.63, 3.8) is 0 Å². The minimum atomic E-state index is -0.935. The summed E-state index contributed by atoms with van der Waals surface area (Å²) in [5.41, 5.74) is 2.05. The first-order valence-corrected chi connectivity index (χ1v) is 8.53. The molecule has 0 amide bonds. The van der Waals surface area contributed by atoms with Crippen molar-refractivity contribution in [1.82, 2.24) is 0 Å². The van der Waals surface area contributed by atoms with Crippen LogP contribution in [0.5, 0.6) is 11.5 Å². The highest BCUT2D eigenvalue weighted by Gasteiger charge is 2.17. The fourth-order valence-corrected chi connectivity index (χ4v) is 2.56. The molecular formula is C20H30O4. The number of methoxy groups -OCH3 is 1.